The van der Waals surface area contributed by atoms with Gasteiger partial charge >= 0.3 is 5.97 Å². The number of carbonyl (C=O) groups excluding carboxylic acids is 2. The molecule has 0 saturated heterocycles. The molecule has 584 valence electrons. The van der Waals surface area contributed by atoms with Crippen molar-refractivity contribution in [1.29, 1.82) is 0 Å². The van der Waals surface area contributed by atoms with Gasteiger partial charge in [-0.2, -0.15) is 0 Å². The second-order valence-corrected chi connectivity index (χ2v) is 32.0. The van der Waals surface area contributed by atoms with Gasteiger partial charge in [-0.1, -0.05) is 488 Å². The fraction of sp³-hybridized carbons (Fsp3) is 0.957. The van der Waals surface area contributed by atoms with Crippen LogP contribution >= 0.6 is 0 Å². The Kier molecular flexibility index (Phi) is 86.7. The largest absolute Gasteiger partial charge is 0.466 e. The van der Waals surface area contributed by atoms with Gasteiger partial charge in [-0.15, -0.1) is 0 Å². The molecule has 0 saturated carbocycles. The molecular weight excluding hydrogens is 1200 g/mol. The lowest BCUT2D eigenvalue weighted by Gasteiger charge is -2.22. The van der Waals surface area contributed by atoms with E-state index >= 15 is 0 Å². The molecule has 0 fully saturated rings. The lowest BCUT2D eigenvalue weighted by molar-refractivity contribution is -0.143. The quantitative estimate of drug-likeness (QED) is 0.0320. The summed E-state index contributed by atoms with van der Waals surface area (Å²) >= 11 is 0. The van der Waals surface area contributed by atoms with Crippen LogP contribution in [0.1, 0.15) is 540 Å². The van der Waals surface area contributed by atoms with E-state index in [2.05, 4.69) is 31.3 Å². The molecular formula is C92H181NO5. The molecule has 0 aromatic carbocycles. The Hall–Kier alpha value is -1.40. The first kappa shape index (κ1) is 96.6. The number of carbonyl (C=O) groups is 2. The second kappa shape index (κ2) is 88.0. The first-order valence-corrected chi connectivity index (χ1v) is 45.9. The van der Waals surface area contributed by atoms with E-state index in [0.29, 0.717) is 25.9 Å². The molecule has 2 unspecified atom stereocenters. The lowest BCUT2D eigenvalue weighted by atomic mass is 10.0. The Balaban J connectivity index is 3.31. The number of amides is 1. The minimum absolute atomic E-state index is 0.0239. The van der Waals surface area contributed by atoms with Crippen LogP contribution < -0.4 is 5.32 Å². The Morgan fingerprint density at radius 1 is 0.276 bits per heavy atom. The summed E-state index contributed by atoms with van der Waals surface area (Å²) in [5, 5.41) is 23.5. The average molecular weight is 1380 g/mol. The van der Waals surface area contributed by atoms with Crippen molar-refractivity contribution in [2.24, 2.45) is 0 Å². The number of aliphatic hydroxyl groups is 2. The molecule has 0 aliphatic heterocycles. The molecule has 0 spiro atoms. The highest BCUT2D eigenvalue weighted by Crippen LogP contribution is 2.22. The molecule has 2 atom stereocenters. The van der Waals surface area contributed by atoms with Crippen LogP contribution in [0.3, 0.4) is 0 Å². The van der Waals surface area contributed by atoms with Crippen LogP contribution in [0.5, 0.6) is 0 Å². The van der Waals surface area contributed by atoms with Crippen LogP contribution in [0.4, 0.5) is 0 Å². The van der Waals surface area contributed by atoms with E-state index < -0.39 is 12.1 Å². The van der Waals surface area contributed by atoms with Crippen molar-refractivity contribution in [1.82, 2.24) is 5.32 Å². The van der Waals surface area contributed by atoms with Gasteiger partial charge in [0, 0.05) is 12.8 Å². The molecule has 1 amide bonds. The van der Waals surface area contributed by atoms with Gasteiger partial charge in [-0.25, -0.2) is 0 Å². The fourth-order valence-corrected chi connectivity index (χ4v) is 15.1. The molecule has 0 bridgehead atoms. The van der Waals surface area contributed by atoms with Crippen LogP contribution in [0.25, 0.3) is 0 Å². The van der Waals surface area contributed by atoms with Crippen molar-refractivity contribution >= 4 is 11.9 Å². The van der Waals surface area contributed by atoms with Crippen molar-refractivity contribution in [2.45, 2.75) is 553 Å². The van der Waals surface area contributed by atoms with E-state index in [0.717, 1.165) is 38.5 Å². The predicted octanol–water partition coefficient (Wildman–Crippen LogP) is 31.0. The Labute approximate surface area is 616 Å². The Morgan fingerprint density at radius 3 is 0.724 bits per heavy atom. The number of esters is 1. The summed E-state index contributed by atoms with van der Waals surface area (Å²) < 4.78 is 5.53. The normalized spacial score (nSPS) is 12.4. The monoisotopic (exact) mass is 1380 g/mol. The number of aliphatic hydroxyl groups excluding tert-OH is 2. The topological polar surface area (TPSA) is 95.9 Å². The maximum Gasteiger partial charge on any atom is 0.305 e. The van der Waals surface area contributed by atoms with Crippen molar-refractivity contribution in [2.75, 3.05) is 13.2 Å². The van der Waals surface area contributed by atoms with E-state index in [1.165, 1.54) is 469 Å². The Bertz CT molecular complexity index is 1500. The van der Waals surface area contributed by atoms with Gasteiger partial charge in [0.2, 0.25) is 5.91 Å². The van der Waals surface area contributed by atoms with Crippen molar-refractivity contribution in [3.05, 3.63) is 12.2 Å². The molecule has 0 rings (SSSR count). The zero-order chi connectivity index (χ0) is 70.5. The summed E-state index contributed by atoms with van der Waals surface area (Å²) in [4.78, 5) is 24.7. The van der Waals surface area contributed by atoms with Gasteiger partial charge in [-0.3, -0.25) is 9.59 Å². The van der Waals surface area contributed by atoms with Gasteiger partial charge < -0.3 is 20.3 Å². The molecule has 6 heteroatoms. The zero-order valence-corrected chi connectivity index (χ0v) is 67.3. The Morgan fingerprint density at radius 2 is 0.480 bits per heavy atom. The summed E-state index contributed by atoms with van der Waals surface area (Å²) in [5.74, 6) is 0.00504. The lowest BCUT2D eigenvalue weighted by Crippen LogP contribution is -2.45. The highest BCUT2D eigenvalue weighted by Gasteiger charge is 2.20. The number of hydrogen-bond acceptors (Lipinski definition) is 5. The van der Waals surface area contributed by atoms with Gasteiger partial charge in [0.15, 0.2) is 0 Å². The molecule has 0 aliphatic carbocycles. The molecule has 0 aromatic rings. The van der Waals surface area contributed by atoms with Crippen molar-refractivity contribution < 1.29 is 24.5 Å². The summed E-state index contributed by atoms with van der Waals surface area (Å²) in [6.07, 6.45) is 114. The van der Waals surface area contributed by atoms with E-state index in [1.54, 1.807) is 0 Å². The third-order valence-corrected chi connectivity index (χ3v) is 22.1. The summed E-state index contributed by atoms with van der Waals surface area (Å²) in [6, 6.07) is -0.539. The average Bonchev–Trinajstić information content (AvgIpc) is 1.53. The second-order valence-electron chi connectivity index (χ2n) is 32.0. The van der Waals surface area contributed by atoms with E-state index in [9.17, 15) is 19.8 Å². The van der Waals surface area contributed by atoms with Gasteiger partial charge in [0.25, 0.3) is 0 Å². The smallest absolute Gasteiger partial charge is 0.305 e. The number of ether oxygens (including phenoxy) is 1. The zero-order valence-electron chi connectivity index (χ0n) is 67.3. The number of rotatable bonds is 88. The minimum atomic E-state index is -0.662. The van der Waals surface area contributed by atoms with Crippen molar-refractivity contribution in [3.63, 3.8) is 0 Å². The van der Waals surface area contributed by atoms with Crippen LogP contribution in [-0.4, -0.2) is 47.4 Å². The van der Waals surface area contributed by atoms with E-state index in [-0.39, 0.29) is 18.5 Å². The summed E-state index contributed by atoms with van der Waals surface area (Å²) in [5.41, 5.74) is 0. The standard InChI is InChI=1S/C92H181NO5/c1-3-5-7-9-11-13-15-17-19-21-23-24-42-45-49-52-56-60-64-68-72-76-80-84-90(95)89(88-94)93-91(96)85-81-77-73-69-65-61-57-53-50-46-43-40-38-36-34-32-30-28-26-25-27-29-31-33-35-37-39-41-44-47-51-55-59-63-67-71-75-79-83-87-98-92(97)86-82-78-74-70-66-62-58-54-48-22-20-18-16-14-12-10-8-6-4-2/h25-26,89-90,94-95H,3-24,27-88H2,1-2H3,(H,93,96)/b26-25-. The van der Waals surface area contributed by atoms with Gasteiger partial charge in [-0.05, 0) is 51.4 Å². The summed E-state index contributed by atoms with van der Waals surface area (Å²) in [6.45, 7) is 5.03. The fourth-order valence-electron chi connectivity index (χ4n) is 15.1. The maximum atomic E-state index is 12.6. The van der Waals surface area contributed by atoms with Crippen LogP contribution in [0.2, 0.25) is 0 Å². The molecule has 98 heavy (non-hydrogen) atoms. The van der Waals surface area contributed by atoms with E-state index in [1.807, 2.05) is 0 Å². The molecule has 0 radical (unpaired) electrons. The van der Waals surface area contributed by atoms with Gasteiger partial charge in [0.05, 0.1) is 25.4 Å². The van der Waals surface area contributed by atoms with Gasteiger partial charge in [0.1, 0.15) is 0 Å². The SMILES string of the molecule is CCCCCCCCCCCCCCCCCCCCCCCCCC(O)C(CO)NC(=O)CCCCCCCCCCCCCCCCCCC/C=C\CCCCCCCCCCCCCCCCCCCCOC(=O)CCCCCCCCCCCCCCCCCCCCC. The molecule has 0 aliphatic rings. The highest BCUT2D eigenvalue weighted by molar-refractivity contribution is 5.76. The number of unbranched alkanes of at least 4 members (excludes halogenated alkanes) is 75. The number of allylic oxidation sites excluding steroid dienone is 2. The van der Waals surface area contributed by atoms with Crippen LogP contribution in [-0.2, 0) is 14.3 Å². The first-order chi connectivity index (χ1) is 48.5. The summed E-state index contributed by atoms with van der Waals surface area (Å²) in [7, 11) is 0. The molecule has 3 N–H and O–H groups in total. The third kappa shape index (κ3) is 83.5. The highest BCUT2D eigenvalue weighted by atomic mass is 16.5. The predicted molar refractivity (Wildman–Crippen MR) is 435 cm³/mol. The van der Waals surface area contributed by atoms with Crippen molar-refractivity contribution in [3.8, 4) is 0 Å². The molecule has 0 aromatic heterocycles. The number of nitrogens with one attached hydrogen (secondary N) is 1. The minimum Gasteiger partial charge on any atom is -0.466 e. The molecule has 0 heterocycles. The van der Waals surface area contributed by atoms with Crippen LogP contribution in [0.15, 0.2) is 12.2 Å². The third-order valence-electron chi connectivity index (χ3n) is 22.1. The van der Waals surface area contributed by atoms with Crippen LogP contribution in [0, 0.1) is 0 Å². The van der Waals surface area contributed by atoms with E-state index in [4.69, 9.17) is 4.74 Å². The maximum absolute atomic E-state index is 12.6. The first-order valence-electron chi connectivity index (χ1n) is 45.9. The molecule has 6 nitrogen and oxygen atoms in total. The number of hydrogen-bond donors (Lipinski definition) is 3.